The van der Waals surface area contributed by atoms with E-state index in [0.29, 0.717) is 6.42 Å². The number of nitrogens with one attached hydrogen (secondary N) is 1. The molecule has 88 valence electrons. The first-order valence-electron chi connectivity index (χ1n) is 4.99. The first-order valence-corrected chi connectivity index (χ1v) is 4.99. The molecule has 0 rings (SSSR count). The van der Waals surface area contributed by atoms with Gasteiger partial charge in [0.15, 0.2) is 0 Å². The number of aliphatic hydroxyl groups excluding tert-OH is 1. The van der Waals surface area contributed by atoms with E-state index < -0.39 is 18.1 Å². The molecule has 0 spiro atoms. The monoisotopic (exact) mass is 217 g/mol. The second kappa shape index (κ2) is 7.19. The van der Waals surface area contributed by atoms with E-state index >= 15 is 0 Å². The molecule has 0 aromatic rings. The summed E-state index contributed by atoms with van der Waals surface area (Å²) in [6.07, 6.45) is 1.07. The van der Waals surface area contributed by atoms with Crippen LogP contribution < -0.4 is 16.8 Å². The highest BCUT2D eigenvalue weighted by molar-refractivity contribution is 5.83. The number of rotatable bonds is 7. The highest BCUT2D eigenvalue weighted by Crippen LogP contribution is 1.97. The Morgan fingerprint density at radius 2 is 2.07 bits per heavy atom. The molecule has 0 radical (unpaired) electrons. The zero-order valence-electron chi connectivity index (χ0n) is 8.90. The third-order valence-corrected chi connectivity index (χ3v) is 2.00. The van der Waals surface area contributed by atoms with Crippen molar-refractivity contribution in [1.82, 2.24) is 5.32 Å². The molecule has 6 nitrogen and oxygen atoms in total. The third-order valence-electron chi connectivity index (χ3n) is 2.00. The fourth-order valence-electron chi connectivity index (χ4n) is 0.984. The predicted molar refractivity (Wildman–Crippen MR) is 55.7 cm³/mol. The molecule has 0 aromatic heterocycles. The van der Waals surface area contributed by atoms with Crippen molar-refractivity contribution < 1.29 is 14.7 Å². The minimum Gasteiger partial charge on any atom is -0.381 e. The third kappa shape index (κ3) is 6.03. The summed E-state index contributed by atoms with van der Waals surface area (Å²) in [5.41, 5.74) is 10.4. The van der Waals surface area contributed by atoms with Gasteiger partial charge in [-0.05, 0) is 6.42 Å². The summed E-state index contributed by atoms with van der Waals surface area (Å²) in [5.74, 6) is -1.24. The zero-order valence-corrected chi connectivity index (χ0v) is 8.90. The van der Waals surface area contributed by atoms with Crippen molar-refractivity contribution in [2.24, 2.45) is 11.5 Å². The van der Waals surface area contributed by atoms with Crippen LogP contribution >= 0.6 is 0 Å². The summed E-state index contributed by atoms with van der Waals surface area (Å²) in [5, 5.41) is 11.4. The van der Waals surface area contributed by atoms with Gasteiger partial charge in [0.2, 0.25) is 11.8 Å². The number of amides is 2. The van der Waals surface area contributed by atoms with Crippen LogP contribution in [0.5, 0.6) is 0 Å². The largest absolute Gasteiger partial charge is 0.381 e. The maximum atomic E-state index is 11.3. The Hall–Kier alpha value is -1.14. The van der Waals surface area contributed by atoms with E-state index in [1.54, 1.807) is 0 Å². The predicted octanol–water partition coefficient (Wildman–Crippen LogP) is -1.53. The molecule has 0 aliphatic carbocycles. The Morgan fingerprint density at radius 1 is 1.47 bits per heavy atom. The fraction of sp³-hybridized carbons (Fsp3) is 0.778. The maximum Gasteiger partial charge on any atom is 0.248 e. The number of carbonyl (C=O) groups is 2. The van der Waals surface area contributed by atoms with Crippen LogP contribution in [0.15, 0.2) is 0 Å². The lowest BCUT2D eigenvalue weighted by molar-refractivity contribution is -0.127. The van der Waals surface area contributed by atoms with Gasteiger partial charge >= 0.3 is 0 Å². The van der Waals surface area contributed by atoms with Crippen LogP contribution in [-0.4, -0.2) is 35.6 Å². The number of aliphatic hydroxyl groups is 1. The van der Waals surface area contributed by atoms with Gasteiger partial charge in [-0.3, -0.25) is 9.59 Å². The number of hydrogen-bond acceptors (Lipinski definition) is 4. The molecule has 0 aliphatic rings. The van der Waals surface area contributed by atoms with Crippen molar-refractivity contribution in [3.63, 3.8) is 0 Å². The number of primary amides is 1. The lowest BCUT2D eigenvalue weighted by Crippen LogP contribution is -2.46. The van der Waals surface area contributed by atoms with Crippen molar-refractivity contribution in [2.45, 2.75) is 38.3 Å². The topological polar surface area (TPSA) is 118 Å². The average molecular weight is 217 g/mol. The van der Waals surface area contributed by atoms with Crippen LogP contribution in [0.1, 0.15) is 26.2 Å². The number of hydrogen-bond donors (Lipinski definition) is 4. The summed E-state index contributed by atoms with van der Waals surface area (Å²) >= 11 is 0. The van der Waals surface area contributed by atoms with Gasteiger partial charge < -0.3 is 21.9 Å². The van der Waals surface area contributed by atoms with Gasteiger partial charge in [-0.15, -0.1) is 0 Å². The smallest absolute Gasteiger partial charge is 0.248 e. The number of nitrogens with two attached hydrogens (primary N) is 2. The van der Waals surface area contributed by atoms with Crippen molar-refractivity contribution >= 4 is 11.8 Å². The van der Waals surface area contributed by atoms with Crippen molar-refractivity contribution in [1.29, 1.82) is 0 Å². The van der Waals surface area contributed by atoms with Crippen LogP contribution in [0.3, 0.4) is 0 Å². The molecule has 0 aliphatic heterocycles. The van der Waals surface area contributed by atoms with E-state index in [-0.39, 0.29) is 12.5 Å². The molecule has 0 heterocycles. The van der Waals surface area contributed by atoms with Crippen LogP contribution in [-0.2, 0) is 9.59 Å². The van der Waals surface area contributed by atoms with Crippen LogP contribution in [0.4, 0.5) is 0 Å². The Balaban J connectivity index is 3.77. The van der Waals surface area contributed by atoms with Gasteiger partial charge in [-0.1, -0.05) is 19.8 Å². The molecule has 2 amide bonds. The Bertz CT molecular complexity index is 221. The van der Waals surface area contributed by atoms with Gasteiger partial charge in [0, 0.05) is 0 Å². The van der Waals surface area contributed by atoms with Gasteiger partial charge in [-0.25, -0.2) is 0 Å². The summed E-state index contributed by atoms with van der Waals surface area (Å²) in [7, 11) is 0. The van der Waals surface area contributed by atoms with Gasteiger partial charge in [0.1, 0.15) is 6.10 Å². The standard InChI is InChI=1S/C9H19N3O3/c1-2-3-4-6(10)9(15)12-5-7(13)8(11)14/h6-7,13H,2-5,10H2,1H3,(H2,11,14)(H,12,15)/t6-,7?/m0/s1. The van der Waals surface area contributed by atoms with Gasteiger partial charge in [-0.2, -0.15) is 0 Å². The van der Waals surface area contributed by atoms with Crippen LogP contribution in [0.2, 0.25) is 0 Å². The molecule has 6 heteroatoms. The second-order valence-electron chi connectivity index (χ2n) is 3.41. The molecule has 0 bridgehead atoms. The normalized spacial score (nSPS) is 14.3. The van der Waals surface area contributed by atoms with Crippen molar-refractivity contribution in [3.8, 4) is 0 Å². The van der Waals surface area contributed by atoms with Crippen LogP contribution in [0.25, 0.3) is 0 Å². The Kier molecular flexibility index (Phi) is 6.64. The fourth-order valence-corrected chi connectivity index (χ4v) is 0.984. The highest BCUT2D eigenvalue weighted by atomic mass is 16.3. The summed E-state index contributed by atoms with van der Waals surface area (Å²) in [6.45, 7) is 1.81. The Morgan fingerprint density at radius 3 is 2.53 bits per heavy atom. The molecule has 6 N–H and O–H groups in total. The van der Waals surface area contributed by atoms with Crippen molar-refractivity contribution in [2.75, 3.05) is 6.54 Å². The van der Waals surface area contributed by atoms with E-state index in [0.717, 1.165) is 12.8 Å². The Labute approximate surface area is 89.0 Å². The average Bonchev–Trinajstić information content (AvgIpc) is 2.21. The van der Waals surface area contributed by atoms with E-state index in [9.17, 15) is 9.59 Å². The molecule has 0 fully saturated rings. The molecule has 0 saturated heterocycles. The summed E-state index contributed by atoms with van der Waals surface area (Å²) in [6, 6.07) is -0.593. The van der Waals surface area contributed by atoms with E-state index in [2.05, 4.69) is 5.32 Å². The number of carbonyl (C=O) groups excluding carboxylic acids is 2. The molecule has 15 heavy (non-hydrogen) atoms. The maximum absolute atomic E-state index is 11.3. The molecule has 0 saturated carbocycles. The molecule has 2 atom stereocenters. The zero-order chi connectivity index (χ0) is 11.8. The van der Waals surface area contributed by atoms with E-state index in [1.807, 2.05) is 6.92 Å². The van der Waals surface area contributed by atoms with E-state index in [4.69, 9.17) is 16.6 Å². The first kappa shape index (κ1) is 13.9. The summed E-state index contributed by atoms with van der Waals surface area (Å²) < 4.78 is 0. The van der Waals surface area contributed by atoms with Gasteiger partial charge in [0.05, 0.1) is 12.6 Å². The molecule has 0 aromatic carbocycles. The van der Waals surface area contributed by atoms with Crippen LogP contribution in [0, 0.1) is 0 Å². The second-order valence-corrected chi connectivity index (χ2v) is 3.41. The molecular formula is C9H19N3O3. The minimum absolute atomic E-state index is 0.187. The SMILES string of the molecule is CCCC[C@H](N)C(=O)NCC(O)C(N)=O. The number of unbranched alkanes of at least 4 members (excludes halogenated alkanes) is 1. The summed E-state index contributed by atoms with van der Waals surface area (Å²) in [4.78, 5) is 21.7. The lowest BCUT2D eigenvalue weighted by atomic mass is 10.1. The van der Waals surface area contributed by atoms with E-state index in [1.165, 1.54) is 0 Å². The van der Waals surface area contributed by atoms with Gasteiger partial charge in [0.25, 0.3) is 0 Å². The first-order chi connectivity index (χ1) is 6.99. The minimum atomic E-state index is -1.35. The molecule has 1 unspecified atom stereocenters. The lowest BCUT2D eigenvalue weighted by Gasteiger charge is -2.13. The highest BCUT2D eigenvalue weighted by Gasteiger charge is 2.16. The quantitative estimate of drug-likeness (QED) is 0.413. The molecular weight excluding hydrogens is 198 g/mol. The van der Waals surface area contributed by atoms with Crippen molar-refractivity contribution in [3.05, 3.63) is 0 Å².